The van der Waals surface area contributed by atoms with Crippen LogP contribution in [0.2, 0.25) is 18.1 Å². The summed E-state index contributed by atoms with van der Waals surface area (Å²) in [5.74, 6) is -2.34. The maximum Gasteiger partial charge on any atom is 0.191 e. The number of aryl methyl sites for hydroxylation is 1. The van der Waals surface area contributed by atoms with Gasteiger partial charge in [-0.3, -0.25) is 0 Å². The highest BCUT2D eigenvalue weighted by Crippen LogP contribution is 2.41. The monoisotopic (exact) mass is 519 g/mol. The third kappa shape index (κ3) is 6.11. The van der Waals surface area contributed by atoms with E-state index >= 15 is 0 Å². The number of hydrogen-bond donors (Lipinski definition) is 0. The SMILES string of the molecule is Cc1cc(Br)ncc1C(SCCCO[Si](C)(C)C(C)(C)C)c1c(F)ccc(F)c1F. The van der Waals surface area contributed by atoms with Crippen molar-refractivity contribution in [1.29, 1.82) is 0 Å². The highest BCUT2D eigenvalue weighted by atomic mass is 79.9. The second-order valence-corrected chi connectivity index (χ2v) is 15.7. The van der Waals surface area contributed by atoms with Crippen LogP contribution < -0.4 is 0 Å². The molecule has 0 radical (unpaired) electrons. The molecule has 0 spiro atoms. The lowest BCUT2D eigenvalue weighted by molar-refractivity contribution is 0.289. The summed E-state index contributed by atoms with van der Waals surface area (Å²) in [6, 6.07) is 3.58. The van der Waals surface area contributed by atoms with Crippen molar-refractivity contribution in [1.82, 2.24) is 4.98 Å². The van der Waals surface area contributed by atoms with Crippen LogP contribution in [0.1, 0.15) is 49.1 Å². The first kappa shape index (κ1) is 25.4. The smallest absolute Gasteiger partial charge is 0.191 e. The van der Waals surface area contributed by atoms with Gasteiger partial charge in [-0.1, -0.05) is 20.8 Å². The number of benzene rings is 1. The molecule has 0 fully saturated rings. The molecule has 166 valence electrons. The van der Waals surface area contributed by atoms with Gasteiger partial charge in [-0.25, -0.2) is 18.2 Å². The zero-order valence-corrected chi connectivity index (χ0v) is 21.7. The Kier molecular flexibility index (Phi) is 8.64. The predicted octanol–water partition coefficient (Wildman–Crippen LogP) is 7.80. The standard InChI is InChI=1S/C22H29BrF3NOSSi/c1-14-12-18(23)27-13-15(14)21(19-16(24)8-9-17(25)20(19)26)29-11-7-10-28-30(5,6)22(2,3)4/h8-9,12-13,21H,7,10-11H2,1-6H3. The minimum absolute atomic E-state index is 0.122. The summed E-state index contributed by atoms with van der Waals surface area (Å²) in [4.78, 5) is 4.22. The molecule has 30 heavy (non-hydrogen) atoms. The van der Waals surface area contributed by atoms with E-state index in [0.29, 0.717) is 22.5 Å². The summed E-state index contributed by atoms with van der Waals surface area (Å²) < 4.78 is 49.9. The van der Waals surface area contributed by atoms with Crippen molar-refractivity contribution in [3.8, 4) is 0 Å². The molecule has 2 nitrogen and oxygen atoms in total. The predicted molar refractivity (Wildman–Crippen MR) is 125 cm³/mol. The number of pyridine rings is 1. The van der Waals surface area contributed by atoms with Gasteiger partial charge in [0.25, 0.3) is 0 Å². The molecule has 1 aromatic carbocycles. The summed E-state index contributed by atoms with van der Waals surface area (Å²) in [6.45, 7) is 13.4. The molecule has 2 aromatic rings. The van der Waals surface area contributed by atoms with Crippen molar-refractivity contribution in [2.24, 2.45) is 0 Å². The summed E-state index contributed by atoms with van der Waals surface area (Å²) in [6.07, 6.45) is 2.32. The van der Waals surface area contributed by atoms with E-state index in [1.807, 2.05) is 6.92 Å². The summed E-state index contributed by atoms with van der Waals surface area (Å²) in [5, 5.41) is -0.578. The van der Waals surface area contributed by atoms with Gasteiger partial charge in [0.05, 0.1) is 5.25 Å². The number of thioether (sulfide) groups is 1. The first-order valence-corrected chi connectivity index (χ1v) is 14.6. The Balaban J connectivity index is 2.21. The highest BCUT2D eigenvalue weighted by Gasteiger charge is 2.36. The molecule has 0 aliphatic heterocycles. The second-order valence-electron chi connectivity index (χ2n) is 8.83. The van der Waals surface area contributed by atoms with Gasteiger partial charge < -0.3 is 4.43 Å². The van der Waals surface area contributed by atoms with Crippen molar-refractivity contribution in [3.63, 3.8) is 0 Å². The lowest BCUT2D eigenvalue weighted by Crippen LogP contribution is -2.41. The highest BCUT2D eigenvalue weighted by molar-refractivity contribution is 9.10. The Morgan fingerprint density at radius 2 is 1.80 bits per heavy atom. The Morgan fingerprint density at radius 3 is 2.40 bits per heavy atom. The molecule has 0 saturated heterocycles. The van der Waals surface area contributed by atoms with Crippen LogP contribution in [-0.4, -0.2) is 25.7 Å². The Labute approximate surface area is 191 Å². The number of rotatable bonds is 8. The lowest BCUT2D eigenvalue weighted by Gasteiger charge is -2.36. The van der Waals surface area contributed by atoms with Crippen molar-refractivity contribution in [2.45, 2.75) is 57.5 Å². The van der Waals surface area contributed by atoms with Crippen molar-refractivity contribution in [2.75, 3.05) is 12.4 Å². The van der Waals surface area contributed by atoms with E-state index in [9.17, 15) is 13.2 Å². The van der Waals surface area contributed by atoms with Crippen LogP contribution >= 0.6 is 27.7 Å². The Hall–Kier alpha value is -0.833. The molecule has 2 rings (SSSR count). The van der Waals surface area contributed by atoms with Gasteiger partial charge >= 0.3 is 0 Å². The van der Waals surface area contributed by atoms with Gasteiger partial charge in [0.1, 0.15) is 10.4 Å². The van der Waals surface area contributed by atoms with Crippen molar-refractivity contribution >= 4 is 36.0 Å². The first-order chi connectivity index (χ1) is 13.8. The topological polar surface area (TPSA) is 22.1 Å². The van der Waals surface area contributed by atoms with E-state index in [2.05, 4.69) is 54.8 Å². The average Bonchev–Trinajstić information content (AvgIpc) is 2.62. The van der Waals surface area contributed by atoms with Crippen LogP contribution in [0.4, 0.5) is 13.2 Å². The van der Waals surface area contributed by atoms with Crippen molar-refractivity contribution < 1.29 is 17.6 Å². The minimum Gasteiger partial charge on any atom is -0.417 e. The molecule has 1 unspecified atom stereocenters. The van der Waals surface area contributed by atoms with Gasteiger partial charge in [0.15, 0.2) is 20.0 Å². The van der Waals surface area contributed by atoms with Gasteiger partial charge in [0, 0.05) is 18.4 Å². The second kappa shape index (κ2) is 10.2. The van der Waals surface area contributed by atoms with E-state index in [1.165, 1.54) is 11.8 Å². The average molecular weight is 521 g/mol. The maximum atomic E-state index is 14.6. The largest absolute Gasteiger partial charge is 0.417 e. The van der Waals surface area contributed by atoms with E-state index in [-0.39, 0.29) is 10.6 Å². The molecule has 0 aliphatic rings. The molecule has 1 heterocycles. The molecule has 1 aromatic heterocycles. The number of halogens is 4. The molecule has 0 saturated carbocycles. The maximum absolute atomic E-state index is 14.6. The van der Waals surface area contributed by atoms with E-state index in [1.54, 1.807) is 12.3 Å². The normalized spacial score (nSPS) is 13.5. The van der Waals surface area contributed by atoms with Crippen LogP contribution in [0.15, 0.2) is 29.0 Å². The minimum atomic E-state index is -1.84. The quantitative estimate of drug-likeness (QED) is 0.153. The van der Waals surface area contributed by atoms with Gasteiger partial charge in [-0.05, 0) is 82.5 Å². The number of hydrogen-bond acceptors (Lipinski definition) is 3. The molecular weight excluding hydrogens is 491 g/mol. The van der Waals surface area contributed by atoms with Crippen LogP contribution in [0.3, 0.4) is 0 Å². The van der Waals surface area contributed by atoms with Gasteiger partial charge in [0.2, 0.25) is 0 Å². The fourth-order valence-corrected chi connectivity index (χ4v) is 5.59. The molecular formula is C22H29BrF3NOSSi. The molecule has 0 amide bonds. The van der Waals surface area contributed by atoms with Crippen LogP contribution in [0.25, 0.3) is 0 Å². The van der Waals surface area contributed by atoms with Crippen LogP contribution in [-0.2, 0) is 4.43 Å². The van der Waals surface area contributed by atoms with E-state index in [4.69, 9.17) is 4.43 Å². The zero-order chi connectivity index (χ0) is 22.7. The Bertz CT molecular complexity index is 889. The first-order valence-electron chi connectivity index (χ1n) is 9.86. The molecule has 0 aliphatic carbocycles. The lowest BCUT2D eigenvalue weighted by atomic mass is 10.0. The number of nitrogens with zero attached hydrogens (tertiary/aromatic N) is 1. The molecule has 1 atom stereocenters. The van der Waals surface area contributed by atoms with E-state index < -0.39 is 31.0 Å². The fourth-order valence-electron chi connectivity index (χ4n) is 2.72. The summed E-state index contributed by atoms with van der Waals surface area (Å²) >= 11 is 4.69. The van der Waals surface area contributed by atoms with E-state index in [0.717, 1.165) is 24.1 Å². The third-order valence-corrected chi connectivity index (χ3v) is 11.9. The summed E-state index contributed by atoms with van der Waals surface area (Å²) in [7, 11) is -1.84. The van der Waals surface area contributed by atoms with Crippen LogP contribution in [0, 0.1) is 24.4 Å². The van der Waals surface area contributed by atoms with Gasteiger partial charge in [-0.2, -0.15) is 0 Å². The van der Waals surface area contributed by atoms with Gasteiger partial charge in [-0.15, -0.1) is 11.8 Å². The van der Waals surface area contributed by atoms with Crippen LogP contribution in [0.5, 0.6) is 0 Å². The fraction of sp³-hybridized carbons (Fsp3) is 0.500. The zero-order valence-electron chi connectivity index (χ0n) is 18.3. The molecule has 0 N–H and O–H groups in total. The molecule has 0 bridgehead atoms. The van der Waals surface area contributed by atoms with Crippen molar-refractivity contribution in [3.05, 3.63) is 63.1 Å². The molecule has 8 heteroatoms. The third-order valence-electron chi connectivity index (χ3n) is 5.58. The summed E-state index contributed by atoms with van der Waals surface area (Å²) in [5.41, 5.74) is 1.23. The Morgan fingerprint density at radius 1 is 1.17 bits per heavy atom. The number of aromatic nitrogens is 1.